The van der Waals surface area contributed by atoms with Crippen molar-refractivity contribution in [2.45, 2.75) is 19.0 Å². The summed E-state index contributed by atoms with van der Waals surface area (Å²) in [6, 6.07) is 6.82. The number of sulfone groups is 1. The molecule has 34 heavy (non-hydrogen) atoms. The standard InChI is InChI=1S/C24H25NO8S/c1-29-19-6-4-14(22(30-2)24(19)31-3)10-20-21(26)16-5-7-18-17(23(16)33-20)11-25(13-32-18)15-8-9-34(27,28)12-15/h4-7,10,15H,8-9,11-13H2,1-3H3/b20-10+. The SMILES string of the molecule is COc1ccc(/C=C2/Oc3c(ccc4c3CN(C3CCS(=O)(=O)C3)CO4)C2=O)c(OC)c1OC. The van der Waals surface area contributed by atoms with E-state index in [1.54, 1.807) is 30.3 Å². The quantitative estimate of drug-likeness (QED) is 0.589. The fourth-order valence-corrected chi connectivity index (χ4v) is 6.41. The van der Waals surface area contributed by atoms with Crippen LogP contribution in [-0.2, 0) is 16.4 Å². The molecule has 1 saturated heterocycles. The van der Waals surface area contributed by atoms with Gasteiger partial charge in [0.2, 0.25) is 11.5 Å². The molecule has 0 N–H and O–H groups in total. The number of Topliss-reactive ketones (excluding diaryl/α,β-unsaturated/α-hetero) is 1. The Hall–Kier alpha value is -3.24. The van der Waals surface area contributed by atoms with Gasteiger partial charge in [-0.2, -0.15) is 0 Å². The third kappa shape index (κ3) is 3.76. The van der Waals surface area contributed by atoms with Crippen molar-refractivity contribution >= 4 is 21.7 Å². The summed E-state index contributed by atoms with van der Waals surface area (Å²) in [4.78, 5) is 15.1. The number of rotatable bonds is 5. The number of methoxy groups -OCH3 is 3. The van der Waals surface area contributed by atoms with E-state index in [2.05, 4.69) is 0 Å². The van der Waals surface area contributed by atoms with Crippen molar-refractivity contribution in [2.24, 2.45) is 0 Å². The van der Waals surface area contributed by atoms with Gasteiger partial charge < -0.3 is 23.7 Å². The molecule has 5 rings (SSSR count). The largest absolute Gasteiger partial charge is 0.493 e. The number of hydrogen-bond acceptors (Lipinski definition) is 9. The van der Waals surface area contributed by atoms with Crippen molar-refractivity contribution in [3.05, 3.63) is 46.7 Å². The predicted octanol–water partition coefficient (Wildman–Crippen LogP) is 2.67. The molecule has 3 heterocycles. The summed E-state index contributed by atoms with van der Waals surface area (Å²) in [5.41, 5.74) is 1.78. The fraction of sp³-hybridized carbons (Fsp3) is 0.375. The zero-order valence-corrected chi connectivity index (χ0v) is 19.9. The third-order valence-electron chi connectivity index (χ3n) is 6.39. The molecule has 0 bridgehead atoms. The molecule has 1 fully saturated rings. The molecular weight excluding hydrogens is 462 g/mol. The van der Waals surface area contributed by atoms with Gasteiger partial charge in [0.05, 0.1) is 44.0 Å². The summed E-state index contributed by atoms with van der Waals surface area (Å²) in [6.45, 7) is 0.740. The average Bonchev–Trinajstić information content (AvgIpc) is 3.37. The summed E-state index contributed by atoms with van der Waals surface area (Å²) in [6.07, 6.45) is 2.18. The number of fused-ring (bicyclic) bond motifs is 3. The Balaban J connectivity index is 1.48. The molecular formula is C24H25NO8S. The first-order valence-corrected chi connectivity index (χ1v) is 12.6. The second kappa shape index (κ2) is 8.52. The fourth-order valence-electron chi connectivity index (χ4n) is 4.65. The lowest BCUT2D eigenvalue weighted by Gasteiger charge is -2.33. The molecule has 2 aromatic carbocycles. The van der Waals surface area contributed by atoms with Crippen molar-refractivity contribution in [2.75, 3.05) is 39.6 Å². The van der Waals surface area contributed by atoms with Crippen LogP contribution in [0.5, 0.6) is 28.7 Å². The maximum atomic E-state index is 13.2. The monoisotopic (exact) mass is 487 g/mol. The zero-order valence-electron chi connectivity index (χ0n) is 19.1. The summed E-state index contributed by atoms with van der Waals surface area (Å²) >= 11 is 0. The molecule has 2 aromatic rings. The van der Waals surface area contributed by atoms with Gasteiger partial charge in [-0.05, 0) is 36.8 Å². The van der Waals surface area contributed by atoms with E-state index in [0.29, 0.717) is 59.6 Å². The van der Waals surface area contributed by atoms with Gasteiger partial charge in [0, 0.05) is 18.2 Å². The van der Waals surface area contributed by atoms with Crippen LogP contribution in [0, 0.1) is 0 Å². The van der Waals surface area contributed by atoms with Gasteiger partial charge in [0.1, 0.15) is 18.2 Å². The van der Waals surface area contributed by atoms with Gasteiger partial charge in [-0.1, -0.05) is 0 Å². The number of ketones is 1. The Morgan fingerprint density at radius 1 is 1.06 bits per heavy atom. The van der Waals surface area contributed by atoms with Crippen molar-refractivity contribution < 1.29 is 36.9 Å². The number of ether oxygens (including phenoxy) is 5. The molecule has 3 aliphatic rings. The van der Waals surface area contributed by atoms with Crippen LogP contribution in [0.2, 0.25) is 0 Å². The molecule has 1 unspecified atom stereocenters. The highest BCUT2D eigenvalue weighted by molar-refractivity contribution is 7.91. The maximum Gasteiger partial charge on any atom is 0.231 e. The molecule has 0 saturated carbocycles. The van der Waals surface area contributed by atoms with Crippen LogP contribution in [0.15, 0.2) is 30.0 Å². The van der Waals surface area contributed by atoms with Crippen molar-refractivity contribution in [1.29, 1.82) is 0 Å². The van der Waals surface area contributed by atoms with Crippen LogP contribution in [-0.4, -0.2) is 64.7 Å². The van der Waals surface area contributed by atoms with Gasteiger partial charge in [-0.3, -0.25) is 9.69 Å². The van der Waals surface area contributed by atoms with Gasteiger partial charge in [0.15, 0.2) is 27.1 Å². The van der Waals surface area contributed by atoms with E-state index in [-0.39, 0.29) is 29.1 Å². The lowest BCUT2D eigenvalue weighted by molar-refractivity contribution is 0.0634. The summed E-state index contributed by atoms with van der Waals surface area (Å²) in [5.74, 6) is 2.60. The van der Waals surface area contributed by atoms with E-state index in [1.807, 2.05) is 4.90 Å². The van der Waals surface area contributed by atoms with Crippen LogP contribution in [0.25, 0.3) is 6.08 Å². The van der Waals surface area contributed by atoms with Crippen LogP contribution in [0.1, 0.15) is 27.9 Å². The molecule has 0 spiro atoms. The van der Waals surface area contributed by atoms with E-state index in [9.17, 15) is 13.2 Å². The van der Waals surface area contributed by atoms with Gasteiger partial charge >= 0.3 is 0 Å². The number of benzene rings is 2. The molecule has 1 atom stereocenters. The molecule has 9 nitrogen and oxygen atoms in total. The lowest BCUT2D eigenvalue weighted by Crippen LogP contribution is -2.41. The van der Waals surface area contributed by atoms with Gasteiger partial charge in [-0.15, -0.1) is 0 Å². The Bertz CT molecular complexity index is 1300. The van der Waals surface area contributed by atoms with Crippen LogP contribution in [0.4, 0.5) is 0 Å². The molecule has 0 radical (unpaired) electrons. The summed E-state index contributed by atoms with van der Waals surface area (Å²) < 4.78 is 52.1. The first kappa shape index (κ1) is 22.5. The van der Waals surface area contributed by atoms with Crippen LogP contribution in [0.3, 0.4) is 0 Å². The molecule has 180 valence electrons. The predicted molar refractivity (Wildman–Crippen MR) is 124 cm³/mol. The van der Waals surface area contributed by atoms with Crippen molar-refractivity contribution in [1.82, 2.24) is 4.90 Å². The van der Waals surface area contributed by atoms with Crippen molar-refractivity contribution in [3.8, 4) is 28.7 Å². The number of hydrogen-bond donors (Lipinski definition) is 0. The van der Waals surface area contributed by atoms with Crippen LogP contribution >= 0.6 is 0 Å². The first-order chi connectivity index (χ1) is 16.3. The molecule has 0 amide bonds. The summed E-state index contributed by atoms with van der Waals surface area (Å²) in [5, 5.41) is 0. The van der Waals surface area contributed by atoms with Gasteiger partial charge in [0.25, 0.3) is 0 Å². The van der Waals surface area contributed by atoms with E-state index >= 15 is 0 Å². The third-order valence-corrected chi connectivity index (χ3v) is 8.14. The van der Waals surface area contributed by atoms with Gasteiger partial charge in [-0.25, -0.2) is 8.42 Å². The Kier molecular flexibility index (Phi) is 5.65. The molecule has 10 heteroatoms. The number of carbonyl (C=O) groups is 1. The van der Waals surface area contributed by atoms with E-state index in [0.717, 1.165) is 5.56 Å². The number of nitrogens with zero attached hydrogens (tertiary/aromatic N) is 1. The summed E-state index contributed by atoms with van der Waals surface area (Å²) in [7, 11) is 1.53. The zero-order chi connectivity index (χ0) is 24.0. The number of allylic oxidation sites excluding steroid dienone is 1. The van der Waals surface area contributed by atoms with E-state index < -0.39 is 9.84 Å². The lowest BCUT2D eigenvalue weighted by atomic mass is 10.0. The topological polar surface area (TPSA) is 101 Å². The maximum absolute atomic E-state index is 13.2. The minimum atomic E-state index is -3.03. The highest BCUT2D eigenvalue weighted by atomic mass is 32.2. The smallest absolute Gasteiger partial charge is 0.231 e. The molecule has 3 aliphatic heterocycles. The minimum absolute atomic E-state index is 0.114. The molecule has 0 aliphatic carbocycles. The highest BCUT2D eigenvalue weighted by Crippen LogP contribution is 2.45. The Labute approximate surface area is 197 Å². The number of carbonyl (C=O) groups excluding carboxylic acids is 1. The second-order valence-electron chi connectivity index (χ2n) is 8.36. The Morgan fingerprint density at radius 3 is 2.53 bits per heavy atom. The molecule has 0 aromatic heterocycles. The van der Waals surface area contributed by atoms with E-state index in [4.69, 9.17) is 23.7 Å². The van der Waals surface area contributed by atoms with Crippen molar-refractivity contribution in [3.63, 3.8) is 0 Å². The second-order valence-corrected chi connectivity index (χ2v) is 10.6. The average molecular weight is 488 g/mol. The van der Waals surface area contributed by atoms with E-state index in [1.165, 1.54) is 21.3 Å². The Morgan fingerprint density at radius 2 is 1.85 bits per heavy atom. The van der Waals surface area contributed by atoms with Crippen LogP contribution < -0.4 is 23.7 Å². The minimum Gasteiger partial charge on any atom is -0.493 e. The normalized spacial score (nSPS) is 22.0. The highest BCUT2D eigenvalue weighted by Gasteiger charge is 2.38. The first-order valence-electron chi connectivity index (χ1n) is 10.8.